The largest absolute Gasteiger partial charge is 0.509 e. The maximum absolute atomic E-state index is 12.4. The van der Waals surface area contributed by atoms with Crippen LogP contribution in [-0.2, 0) is 4.79 Å². The highest BCUT2D eigenvalue weighted by atomic mass is 16.3. The van der Waals surface area contributed by atoms with Crippen LogP contribution in [0.1, 0.15) is 35.9 Å². The molecule has 0 bridgehead atoms. The molecule has 123 valence electrons. The third-order valence-corrected chi connectivity index (χ3v) is 4.98. The van der Waals surface area contributed by atoms with Gasteiger partial charge in [0, 0.05) is 11.1 Å². The van der Waals surface area contributed by atoms with E-state index in [1.54, 1.807) is 11.1 Å². The van der Waals surface area contributed by atoms with Crippen LogP contribution < -0.4 is 4.90 Å². The molecule has 1 aliphatic carbocycles. The van der Waals surface area contributed by atoms with Crippen molar-refractivity contribution in [1.29, 1.82) is 0 Å². The topological polar surface area (TPSA) is 69.2 Å². The van der Waals surface area contributed by atoms with Crippen LogP contribution in [0.4, 0.5) is 5.69 Å². The molecule has 1 radical (unpaired) electrons. The molecule has 3 aromatic rings. The Balaban J connectivity index is 1.55. The Hall–Kier alpha value is -3.08. The van der Waals surface area contributed by atoms with Crippen LogP contribution in [0.25, 0.3) is 10.9 Å². The van der Waals surface area contributed by atoms with E-state index in [9.17, 15) is 9.90 Å². The molecule has 2 aromatic carbocycles. The minimum Gasteiger partial charge on any atom is -0.509 e. The van der Waals surface area contributed by atoms with E-state index in [1.807, 2.05) is 30.3 Å². The number of nitrogens with one attached hydrogen (secondary N) is 1. The van der Waals surface area contributed by atoms with E-state index in [1.165, 1.54) is 18.4 Å². The Morgan fingerprint density at radius 3 is 2.64 bits per heavy atom. The molecule has 1 atom stereocenters. The molecule has 5 nitrogen and oxygen atoms in total. The summed E-state index contributed by atoms with van der Waals surface area (Å²) in [6.45, 7) is 0. The molecule has 5 heteroatoms. The molecule has 1 fully saturated rings. The normalized spacial score (nSPS) is 20.3. The van der Waals surface area contributed by atoms with Gasteiger partial charge in [0.1, 0.15) is 11.8 Å². The first kappa shape index (κ1) is 14.3. The summed E-state index contributed by atoms with van der Waals surface area (Å²) in [5.41, 5.74) is 3.75. The van der Waals surface area contributed by atoms with Crippen molar-refractivity contribution in [2.24, 2.45) is 0 Å². The molecule has 1 amide bonds. The number of aliphatic hydroxyl groups is 1. The fourth-order valence-corrected chi connectivity index (χ4v) is 3.49. The summed E-state index contributed by atoms with van der Waals surface area (Å²) in [6.07, 6.45) is 6.77. The number of carbonyl (C=O) groups excluding carboxylic acids is 1. The van der Waals surface area contributed by atoms with Crippen LogP contribution >= 0.6 is 0 Å². The van der Waals surface area contributed by atoms with Gasteiger partial charge >= 0.3 is 0 Å². The highest BCUT2D eigenvalue weighted by molar-refractivity contribution is 6.03. The molecule has 5 rings (SSSR count). The van der Waals surface area contributed by atoms with Gasteiger partial charge in [-0.05, 0) is 48.1 Å². The number of aromatic amines is 1. The number of benzene rings is 2. The van der Waals surface area contributed by atoms with Crippen LogP contribution in [0, 0.1) is 6.08 Å². The zero-order chi connectivity index (χ0) is 17.0. The number of rotatable bonds is 3. The van der Waals surface area contributed by atoms with Crippen molar-refractivity contribution in [1.82, 2.24) is 10.2 Å². The summed E-state index contributed by atoms with van der Waals surface area (Å²) in [5.74, 6) is 0.287. The number of amides is 1. The molecule has 1 saturated carbocycles. The van der Waals surface area contributed by atoms with Gasteiger partial charge < -0.3 is 5.11 Å². The lowest BCUT2D eigenvalue weighted by Gasteiger charge is -2.26. The van der Waals surface area contributed by atoms with E-state index in [4.69, 9.17) is 0 Å². The smallest absolute Gasteiger partial charge is 0.263 e. The molecule has 2 heterocycles. The third-order valence-electron chi connectivity index (χ3n) is 4.98. The number of carbonyl (C=O) groups is 1. The summed E-state index contributed by atoms with van der Waals surface area (Å²) in [6, 6.07) is 13.3. The number of anilines is 1. The van der Waals surface area contributed by atoms with Crippen molar-refractivity contribution < 1.29 is 9.90 Å². The lowest BCUT2D eigenvalue weighted by atomic mass is 10.0. The first-order valence-corrected chi connectivity index (χ1v) is 8.40. The number of H-pyrrole nitrogens is 1. The Morgan fingerprint density at radius 1 is 1.12 bits per heavy atom. The lowest BCUT2D eigenvalue weighted by molar-refractivity contribution is -0.114. The SMILES string of the molecule is O=C1[C]=C(O)C(c2ccc(C3CC3)cc2)N1c1ccc2cn[nH]c2c1. The van der Waals surface area contributed by atoms with Crippen LogP contribution in [0.2, 0.25) is 0 Å². The molecular weight excluding hydrogens is 314 g/mol. The third kappa shape index (κ3) is 2.31. The maximum Gasteiger partial charge on any atom is 0.263 e. The summed E-state index contributed by atoms with van der Waals surface area (Å²) in [5, 5.41) is 18.2. The summed E-state index contributed by atoms with van der Waals surface area (Å²) in [4.78, 5) is 14.0. The van der Waals surface area contributed by atoms with Crippen molar-refractivity contribution in [3.8, 4) is 0 Å². The summed E-state index contributed by atoms with van der Waals surface area (Å²) < 4.78 is 0. The molecule has 2 aliphatic rings. The van der Waals surface area contributed by atoms with Crippen LogP contribution in [0.5, 0.6) is 0 Å². The van der Waals surface area contributed by atoms with Gasteiger partial charge in [-0.3, -0.25) is 14.8 Å². The van der Waals surface area contributed by atoms with Gasteiger partial charge in [-0.2, -0.15) is 5.10 Å². The van der Waals surface area contributed by atoms with Gasteiger partial charge in [-0.1, -0.05) is 24.3 Å². The fraction of sp³-hybridized carbons (Fsp3) is 0.200. The van der Waals surface area contributed by atoms with Crippen molar-refractivity contribution in [2.45, 2.75) is 24.8 Å². The van der Waals surface area contributed by atoms with Crippen molar-refractivity contribution in [2.75, 3.05) is 4.90 Å². The molecule has 1 unspecified atom stereocenters. The second-order valence-corrected chi connectivity index (χ2v) is 6.67. The quantitative estimate of drug-likeness (QED) is 0.768. The van der Waals surface area contributed by atoms with Gasteiger partial charge in [0.05, 0.1) is 17.8 Å². The monoisotopic (exact) mass is 330 g/mol. The predicted octanol–water partition coefficient (Wildman–Crippen LogP) is 3.77. The van der Waals surface area contributed by atoms with Crippen LogP contribution in [0.15, 0.2) is 54.4 Å². The van der Waals surface area contributed by atoms with Gasteiger partial charge in [-0.15, -0.1) is 0 Å². The molecule has 1 aliphatic heterocycles. The van der Waals surface area contributed by atoms with Gasteiger partial charge in [0.15, 0.2) is 0 Å². The van der Waals surface area contributed by atoms with Gasteiger partial charge in [-0.25, -0.2) is 0 Å². The molecule has 0 spiro atoms. The van der Waals surface area contributed by atoms with E-state index in [0.717, 1.165) is 16.5 Å². The first-order chi connectivity index (χ1) is 12.2. The maximum atomic E-state index is 12.4. The first-order valence-electron chi connectivity index (χ1n) is 8.40. The number of aromatic nitrogens is 2. The number of hydrogen-bond acceptors (Lipinski definition) is 3. The zero-order valence-corrected chi connectivity index (χ0v) is 13.4. The second-order valence-electron chi connectivity index (χ2n) is 6.67. The van der Waals surface area contributed by atoms with Crippen LogP contribution in [-0.4, -0.2) is 21.2 Å². The minimum absolute atomic E-state index is 0.0473. The van der Waals surface area contributed by atoms with E-state index in [-0.39, 0.29) is 11.7 Å². The summed E-state index contributed by atoms with van der Waals surface area (Å²) in [7, 11) is 0. The fourth-order valence-electron chi connectivity index (χ4n) is 3.49. The van der Waals surface area contributed by atoms with Crippen molar-refractivity contribution >= 4 is 22.5 Å². The van der Waals surface area contributed by atoms with E-state index in [2.05, 4.69) is 28.4 Å². The Morgan fingerprint density at radius 2 is 1.88 bits per heavy atom. The Labute approximate surface area is 144 Å². The molecule has 1 aromatic heterocycles. The van der Waals surface area contributed by atoms with E-state index >= 15 is 0 Å². The van der Waals surface area contributed by atoms with Crippen LogP contribution in [0.3, 0.4) is 0 Å². The average molecular weight is 330 g/mol. The highest BCUT2D eigenvalue weighted by Crippen LogP contribution is 2.42. The molecular formula is C20H16N3O2. The number of hydrogen-bond donors (Lipinski definition) is 2. The number of fused-ring (bicyclic) bond motifs is 1. The summed E-state index contributed by atoms with van der Waals surface area (Å²) >= 11 is 0. The lowest BCUT2D eigenvalue weighted by Crippen LogP contribution is -2.29. The van der Waals surface area contributed by atoms with Crippen molar-refractivity contribution in [3.63, 3.8) is 0 Å². The molecule has 25 heavy (non-hydrogen) atoms. The highest BCUT2D eigenvalue weighted by Gasteiger charge is 2.36. The molecule has 2 N–H and O–H groups in total. The molecule has 0 saturated heterocycles. The van der Waals surface area contributed by atoms with Gasteiger partial charge in [0.2, 0.25) is 0 Å². The van der Waals surface area contributed by atoms with Crippen molar-refractivity contribution in [3.05, 3.63) is 71.6 Å². The number of aliphatic hydroxyl groups excluding tert-OH is 1. The van der Waals surface area contributed by atoms with Gasteiger partial charge in [0.25, 0.3) is 5.91 Å². The van der Waals surface area contributed by atoms with E-state index in [0.29, 0.717) is 11.6 Å². The Kier molecular flexibility index (Phi) is 2.98. The Bertz CT molecular complexity index is 999. The zero-order valence-electron chi connectivity index (χ0n) is 13.4. The minimum atomic E-state index is -0.541. The van der Waals surface area contributed by atoms with E-state index < -0.39 is 6.04 Å². The number of nitrogens with zero attached hydrogens (tertiary/aromatic N) is 2. The second kappa shape index (κ2) is 5.21. The standard InChI is InChI=1S/C20H16N3O2/c24-18-10-19(25)23(16-8-7-15-11-21-22-17(15)9-16)20(18)14-5-3-13(4-6-14)12-1-2-12/h3-9,11-12,20,24H,1-2H2,(H,21,22). The predicted molar refractivity (Wildman–Crippen MR) is 94.1 cm³/mol. The average Bonchev–Trinajstić information content (AvgIpc) is 3.28.